The Bertz CT molecular complexity index is 146. The summed E-state index contributed by atoms with van der Waals surface area (Å²) in [7, 11) is 0. The van der Waals surface area contributed by atoms with E-state index < -0.39 is 0 Å². The third kappa shape index (κ3) is 1.49. The molecule has 0 aromatic carbocycles. The summed E-state index contributed by atoms with van der Waals surface area (Å²) in [4.78, 5) is 2.51. The number of piperazine rings is 1. The fourth-order valence-electron chi connectivity index (χ4n) is 2.17. The minimum absolute atomic E-state index is 0.106. The van der Waals surface area contributed by atoms with Crippen LogP contribution < -0.4 is 10.6 Å². The maximum absolute atomic E-state index is 4.71. The molecule has 0 spiro atoms. The third-order valence-corrected chi connectivity index (χ3v) is 2.99. The molecular formula is C9H18N3. The summed E-state index contributed by atoms with van der Waals surface area (Å²) in [5.41, 5.74) is 0.106. The molecule has 2 aliphatic heterocycles. The molecule has 3 nitrogen and oxygen atoms in total. The van der Waals surface area contributed by atoms with E-state index in [0.717, 1.165) is 19.6 Å². The van der Waals surface area contributed by atoms with E-state index in [9.17, 15) is 0 Å². The molecule has 0 amide bonds. The van der Waals surface area contributed by atoms with Crippen LogP contribution in [0.2, 0.25) is 0 Å². The molecule has 1 N–H and O–H groups in total. The summed E-state index contributed by atoms with van der Waals surface area (Å²) in [6.07, 6.45) is 2.70. The molecule has 1 radical (unpaired) electrons. The molecule has 2 heterocycles. The summed E-state index contributed by atoms with van der Waals surface area (Å²) < 4.78 is 0. The van der Waals surface area contributed by atoms with E-state index in [1.807, 2.05) is 0 Å². The first-order valence-corrected chi connectivity index (χ1v) is 4.96. The van der Waals surface area contributed by atoms with Gasteiger partial charge in [0.05, 0.1) is 5.66 Å². The highest BCUT2D eigenvalue weighted by Crippen LogP contribution is 2.20. The van der Waals surface area contributed by atoms with E-state index in [4.69, 9.17) is 5.32 Å². The summed E-state index contributed by atoms with van der Waals surface area (Å²) in [6, 6.07) is 0. The largest absolute Gasteiger partial charge is 0.312 e. The van der Waals surface area contributed by atoms with Gasteiger partial charge in [0.2, 0.25) is 0 Å². The second-order valence-corrected chi connectivity index (χ2v) is 3.97. The lowest BCUT2D eigenvalue weighted by atomic mass is 10.1. The van der Waals surface area contributed by atoms with Crippen LogP contribution in [0.5, 0.6) is 0 Å². The van der Waals surface area contributed by atoms with E-state index in [0.29, 0.717) is 0 Å². The van der Waals surface area contributed by atoms with Gasteiger partial charge in [-0.25, -0.2) is 5.32 Å². The molecule has 1 atom stereocenters. The molecule has 0 saturated carbocycles. The zero-order valence-corrected chi connectivity index (χ0v) is 7.84. The standard InChI is InChI=1S/C9H18N3/c1-9(8-10-4-5-11-9)12-6-2-3-7-12/h10H,2-8H2,1H3. The van der Waals surface area contributed by atoms with Gasteiger partial charge in [-0.05, 0) is 19.8 Å². The molecule has 0 aromatic rings. The Labute approximate surface area is 74.5 Å². The number of hydrogen-bond donors (Lipinski definition) is 1. The first-order valence-electron chi connectivity index (χ1n) is 4.96. The maximum atomic E-state index is 4.71. The lowest BCUT2D eigenvalue weighted by molar-refractivity contribution is 0.0763. The highest BCUT2D eigenvalue weighted by molar-refractivity contribution is 4.90. The zero-order chi connectivity index (χ0) is 8.44. The van der Waals surface area contributed by atoms with Crippen LogP contribution in [0.1, 0.15) is 19.8 Å². The van der Waals surface area contributed by atoms with Crippen molar-refractivity contribution < 1.29 is 0 Å². The molecular weight excluding hydrogens is 150 g/mol. The van der Waals surface area contributed by atoms with Crippen molar-refractivity contribution in [2.24, 2.45) is 0 Å². The van der Waals surface area contributed by atoms with Crippen LogP contribution in [0.25, 0.3) is 0 Å². The van der Waals surface area contributed by atoms with Gasteiger partial charge in [0.15, 0.2) is 0 Å². The summed E-state index contributed by atoms with van der Waals surface area (Å²) in [5, 5.41) is 8.12. The third-order valence-electron chi connectivity index (χ3n) is 2.99. The predicted octanol–water partition coefficient (Wildman–Crippen LogP) is 0.00600. The highest BCUT2D eigenvalue weighted by Gasteiger charge is 2.35. The lowest BCUT2D eigenvalue weighted by Crippen LogP contribution is -2.62. The Balaban J connectivity index is 1.97. The molecule has 2 fully saturated rings. The van der Waals surface area contributed by atoms with Crippen molar-refractivity contribution in [2.75, 3.05) is 32.7 Å². The van der Waals surface area contributed by atoms with E-state index >= 15 is 0 Å². The number of nitrogens with zero attached hydrogens (tertiary/aromatic N) is 2. The monoisotopic (exact) mass is 168 g/mol. The fourth-order valence-corrected chi connectivity index (χ4v) is 2.17. The molecule has 0 aliphatic carbocycles. The van der Waals surface area contributed by atoms with Crippen molar-refractivity contribution in [3.05, 3.63) is 0 Å². The highest BCUT2D eigenvalue weighted by atomic mass is 15.4. The van der Waals surface area contributed by atoms with Crippen LogP contribution >= 0.6 is 0 Å². The van der Waals surface area contributed by atoms with Gasteiger partial charge in [-0.15, -0.1) is 0 Å². The van der Waals surface area contributed by atoms with Crippen LogP contribution in [0.4, 0.5) is 0 Å². The Morgan fingerprint density at radius 3 is 2.67 bits per heavy atom. The van der Waals surface area contributed by atoms with Crippen LogP contribution in [-0.2, 0) is 0 Å². The van der Waals surface area contributed by atoms with E-state index in [2.05, 4.69) is 17.1 Å². The average Bonchev–Trinajstić information content (AvgIpc) is 2.58. The molecule has 3 heteroatoms. The van der Waals surface area contributed by atoms with E-state index in [1.54, 1.807) is 0 Å². The van der Waals surface area contributed by atoms with Gasteiger partial charge in [-0.2, -0.15) is 0 Å². The molecule has 2 rings (SSSR count). The SMILES string of the molecule is CC1(N2CCCC2)CNCC[N]1. The maximum Gasteiger partial charge on any atom is 0.0971 e. The van der Waals surface area contributed by atoms with Crippen molar-refractivity contribution in [1.29, 1.82) is 0 Å². The summed E-state index contributed by atoms with van der Waals surface area (Å²) >= 11 is 0. The Hall–Kier alpha value is -0.120. The number of likely N-dealkylation sites (tertiary alicyclic amines) is 1. The smallest absolute Gasteiger partial charge is 0.0971 e. The van der Waals surface area contributed by atoms with Gasteiger partial charge < -0.3 is 5.32 Å². The quantitative estimate of drug-likeness (QED) is 0.597. The van der Waals surface area contributed by atoms with Crippen molar-refractivity contribution in [1.82, 2.24) is 15.5 Å². The summed E-state index contributed by atoms with van der Waals surface area (Å²) in [5.74, 6) is 0. The van der Waals surface area contributed by atoms with Gasteiger partial charge in [-0.3, -0.25) is 4.90 Å². The Morgan fingerprint density at radius 1 is 1.33 bits per heavy atom. The van der Waals surface area contributed by atoms with Gasteiger partial charge in [0.1, 0.15) is 0 Å². The van der Waals surface area contributed by atoms with Crippen LogP contribution in [0.3, 0.4) is 0 Å². The topological polar surface area (TPSA) is 29.4 Å². The minimum atomic E-state index is 0.106. The molecule has 0 bridgehead atoms. The molecule has 2 aliphatic rings. The number of nitrogens with one attached hydrogen (secondary N) is 1. The van der Waals surface area contributed by atoms with Gasteiger partial charge >= 0.3 is 0 Å². The van der Waals surface area contributed by atoms with E-state index in [-0.39, 0.29) is 5.66 Å². The first kappa shape index (κ1) is 8.48. The number of rotatable bonds is 1. The Morgan fingerprint density at radius 2 is 2.08 bits per heavy atom. The van der Waals surface area contributed by atoms with Crippen LogP contribution in [-0.4, -0.2) is 43.3 Å². The molecule has 12 heavy (non-hydrogen) atoms. The van der Waals surface area contributed by atoms with Crippen LogP contribution in [0.15, 0.2) is 0 Å². The second-order valence-electron chi connectivity index (χ2n) is 3.97. The van der Waals surface area contributed by atoms with Crippen molar-refractivity contribution in [3.8, 4) is 0 Å². The average molecular weight is 168 g/mol. The normalized spacial score (nSPS) is 38.8. The summed E-state index contributed by atoms with van der Waals surface area (Å²) in [6.45, 7) is 7.80. The lowest BCUT2D eigenvalue weighted by Gasteiger charge is -2.41. The Kier molecular flexibility index (Phi) is 2.35. The molecule has 69 valence electrons. The predicted molar refractivity (Wildman–Crippen MR) is 49.1 cm³/mol. The van der Waals surface area contributed by atoms with Gasteiger partial charge in [-0.1, -0.05) is 0 Å². The second kappa shape index (κ2) is 3.32. The minimum Gasteiger partial charge on any atom is -0.312 e. The van der Waals surface area contributed by atoms with Gasteiger partial charge in [0.25, 0.3) is 0 Å². The molecule has 2 saturated heterocycles. The van der Waals surface area contributed by atoms with Gasteiger partial charge in [0, 0.05) is 32.7 Å². The fraction of sp³-hybridized carbons (Fsp3) is 1.00. The van der Waals surface area contributed by atoms with Crippen molar-refractivity contribution in [2.45, 2.75) is 25.4 Å². The van der Waals surface area contributed by atoms with Crippen molar-refractivity contribution in [3.63, 3.8) is 0 Å². The van der Waals surface area contributed by atoms with Crippen molar-refractivity contribution >= 4 is 0 Å². The van der Waals surface area contributed by atoms with E-state index in [1.165, 1.54) is 25.9 Å². The molecule has 1 unspecified atom stereocenters. The van der Waals surface area contributed by atoms with Crippen LogP contribution in [0, 0.1) is 0 Å². The first-order chi connectivity index (χ1) is 5.81. The number of hydrogen-bond acceptors (Lipinski definition) is 2. The molecule has 0 aromatic heterocycles. The zero-order valence-electron chi connectivity index (χ0n) is 7.84.